The van der Waals surface area contributed by atoms with E-state index in [9.17, 15) is 0 Å². The Labute approximate surface area is 265 Å². The van der Waals surface area contributed by atoms with Crippen LogP contribution < -0.4 is 10.4 Å². The van der Waals surface area contributed by atoms with Gasteiger partial charge in [0.25, 0.3) is 0 Å². The average molecular weight is 563 g/mol. The normalized spacial score (nSPS) is 12.0. The number of rotatable bonds is 2. The molecule has 0 nitrogen and oxygen atoms in total. The van der Waals surface area contributed by atoms with E-state index in [-0.39, 0.29) is 23.1 Å². The molecule has 196 valence electrons. The van der Waals surface area contributed by atoms with Crippen LogP contribution in [0, 0.1) is 13.0 Å². The molecule has 7 aromatic carbocycles. The summed E-state index contributed by atoms with van der Waals surface area (Å²) < 4.78 is 0. The summed E-state index contributed by atoms with van der Waals surface area (Å²) in [5, 5.41) is 12.3. The van der Waals surface area contributed by atoms with Gasteiger partial charge in [0.05, 0.1) is 0 Å². The minimum absolute atomic E-state index is 0. The van der Waals surface area contributed by atoms with Gasteiger partial charge in [0.1, 0.15) is 0 Å². The van der Waals surface area contributed by atoms with Gasteiger partial charge >= 0.3 is 23.1 Å². The number of benzene rings is 6. The molecule has 0 radical (unpaired) electrons. The van der Waals surface area contributed by atoms with Crippen molar-refractivity contribution in [2.24, 2.45) is 0 Å². The molecular weight excluding hydrogens is 533 g/mol. The Hall–Kier alpha value is -3.96. The summed E-state index contributed by atoms with van der Waals surface area (Å²) in [7, 11) is -1.09. The van der Waals surface area contributed by atoms with Crippen molar-refractivity contribution >= 4 is 79.3 Å². The molecule has 0 fully saturated rings. The first kappa shape index (κ1) is 28.2. The van der Waals surface area contributed by atoms with Gasteiger partial charge in [-0.25, -0.2) is 0 Å². The Kier molecular flexibility index (Phi) is 8.12. The molecule has 0 saturated heterocycles. The third-order valence-electron chi connectivity index (χ3n) is 8.02. The maximum Gasteiger partial charge on any atom is 2.00 e. The molecule has 0 amide bonds. The minimum Gasteiger partial charge on any atom is -0.165 e. The standard InChI is InChI=1S/C26H19Si.C14H11.Mg/c1-19-18-25-23-15-9-8-10-20(23)16-17-24(25)26(19)27(21-11-4-2-5-12-21)22-13-6-3-7-14-22;1-10-8-12-7-6-11-4-2-3-5-13(11)14(12)9-10;/h2-17H,1H3;2-9H,1H3;/q2*-1;+2. The SMILES string of the molecule is CC1=[C-]c2c(ccc3ccccc23)C1=[Si](c1ccccc1)c1ccccc1.Cc1cc2ccc3ccccc3c2[cH-]1.[Mg+2]. The molecule has 0 bridgehead atoms. The Morgan fingerprint density at radius 3 is 1.74 bits per heavy atom. The first-order valence-corrected chi connectivity index (χ1v) is 15.7. The quantitative estimate of drug-likeness (QED) is 0.148. The van der Waals surface area contributed by atoms with Crippen LogP contribution in [0.15, 0.2) is 151 Å². The van der Waals surface area contributed by atoms with Gasteiger partial charge in [-0.2, -0.15) is 6.07 Å². The zero-order valence-corrected chi connectivity index (χ0v) is 26.5. The molecule has 8 rings (SSSR count). The summed E-state index contributed by atoms with van der Waals surface area (Å²) in [6.07, 6.45) is 3.72. The van der Waals surface area contributed by atoms with E-state index < -0.39 is 8.41 Å². The second-order valence-electron chi connectivity index (χ2n) is 10.8. The molecule has 0 unspecified atom stereocenters. The van der Waals surface area contributed by atoms with Crippen molar-refractivity contribution in [3.05, 3.63) is 174 Å². The van der Waals surface area contributed by atoms with E-state index in [2.05, 4.69) is 166 Å². The summed E-state index contributed by atoms with van der Waals surface area (Å²) in [5.41, 5.74) is 5.24. The summed E-state index contributed by atoms with van der Waals surface area (Å²) in [6, 6.07) is 52.6. The Bertz CT molecular complexity index is 2060. The Balaban J connectivity index is 0.000000177. The number of aryl methyl sites for hydroxylation is 1. The molecule has 0 atom stereocenters. The monoisotopic (exact) mass is 562 g/mol. The number of fused-ring (bicyclic) bond motifs is 6. The molecule has 42 heavy (non-hydrogen) atoms. The second kappa shape index (κ2) is 12.1. The molecule has 1 aliphatic rings. The molecule has 0 heterocycles. The van der Waals surface area contributed by atoms with E-state index in [0.717, 1.165) is 0 Å². The van der Waals surface area contributed by atoms with Gasteiger partial charge in [-0.15, -0.1) is 62.5 Å². The van der Waals surface area contributed by atoms with Gasteiger partial charge in [-0.1, -0.05) is 157 Å². The van der Waals surface area contributed by atoms with Crippen LogP contribution in [0.25, 0.3) is 32.3 Å². The Morgan fingerprint density at radius 2 is 1.07 bits per heavy atom. The van der Waals surface area contributed by atoms with Crippen LogP contribution in [0.5, 0.6) is 0 Å². The van der Waals surface area contributed by atoms with E-state index in [1.165, 1.54) is 70.1 Å². The van der Waals surface area contributed by atoms with Crippen LogP contribution >= 0.6 is 0 Å². The fourth-order valence-corrected chi connectivity index (χ4v) is 9.05. The number of hydrogen-bond donors (Lipinski definition) is 0. The van der Waals surface area contributed by atoms with E-state index in [1.807, 2.05) is 0 Å². The van der Waals surface area contributed by atoms with Crippen molar-refractivity contribution < 1.29 is 0 Å². The van der Waals surface area contributed by atoms with Crippen molar-refractivity contribution in [2.45, 2.75) is 13.8 Å². The van der Waals surface area contributed by atoms with Gasteiger partial charge in [0, 0.05) is 8.41 Å². The van der Waals surface area contributed by atoms with Gasteiger partial charge < -0.3 is 0 Å². The van der Waals surface area contributed by atoms with Crippen LogP contribution in [0.1, 0.15) is 23.6 Å². The Morgan fingerprint density at radius 1 is 0.548 bits per heavy atom. The first-order chi connectivity index (χ1) is 20.2. The maximum absolute atomic E-state index is 3.72. The molecule has 7 aromatic rings. The zero-order chi connectivity index (χ0) is 27.8. The van der Waals surface area contributed by atoms with Gasteiger partial charge in [-0.05, 0) is 10.4 Å². The molecule has 0 N–H and O–H groups in total. The molecule has 0 spiro atoms. The predicted octanol–water partition coefficient (Wildman–Crippen LogP) is 8.00. The predicted molar refractivity (Wildman–Crippen MR) is 185 cm³/mol. The van der Waals surface area contributed by atoms with Crippen LogP contribution in [0.3, 0.4) is 0 Å². The number of allylic oxidation sites excluding steroid dienone is 1. The maximum atomic E-state index is 3.72. The summed E-state index contributed by atoms with van der Waals surface area (Å²) >= 11 is 0. The summed E-state index contributed by atoms with van der Waals surface area (Å²) in [5.74, 6) is 0. The fourth-order valence-electron chi connectivity index (χ4n) is 6.17. The largest absolute Gasteiger partial charge is 2.00 e. The van der Waals surface area contributed by atoms with Gasteiger partial charge in [-0.3, -0.25) is 0 Å². The molecule has 2 heteroatoms. The first-order valence-electron chi connectivity index (χ1n) is 14.2. The topological polar surface area (TPSA) is 0 Å². The van der Waals surface area contributed by atoms with Gasteiger partial charge in [0.15, 0.2) is 0 Å². The van der Waals surface area contributed by atoms with Crippen molar-refractivity contribution in [3.8, 4) is 0 Å². The summed E-state index contributed by atoms with van der Waals surface area (Å²) in [6.45, 7) is 4.37. The van der Waals surface area contributed by atoms with Crippen molar-refractivity contribution in [2.75, 3.05) is 0 Å². The summed E-state index contributed by atoms with van der Waals surface area (Å²) in [4.78, 5) is 0. The van der Waals surface area contributed by atoms with E-state index in [0.29, 0.717) is 0 Å². The minimum atomic E-state index is -1.09. The van der Waals surface area contributed by atoms with Crippen molar-refractivity contribution in [1.29, 1.82) is 0 Å². The zero-order valence-electron chi connectivity index (χ0n) is 24.1. The molecule has 0 saturated carbocycles. The smallest absolute Gasteiger partial charge is 0.165 e. The molecular formula is C40H30MgSi. The third kappa shape index (κ3) is 5.22. The van der Waals surface area contributed by atoms with Crippen LogP contribution in [0.2, 0.25) is 0 Å². The molecule has 0 aliphatic heterocycles. The fraction of sp³-hybridized carbons (Fsp3) is 0.0500. The van der Waals surface area contributed by atoms with Crippen molar-refractivity contribution in [1.82, 2.24) is 0 Å². The van der Waals surface area contributed by atoms with E-state index >= 15 is 0 Å². The molecule has 0 aromatic heterocycles. The van der Waals surface area contributed by atoms with Crippen molar-refractivity contribution in [3.63, 3.8) is 0 Å². The van der Waals surface area contributed by atoms with Crippen LogP contribution in [0.4, 0.5) is 0 Å². The van der Waals surface area contributed by atoms with E-state index in [1.54, 1.807) is 0 Å². The number of hydrogen-bond acceptors (Lipinski definition) is 0. The average Bonchev–Trinajstić information content (AvgIpc) is 3.58. The van der Waals surface area contributed by atoms with Crippen LogP contribution in [-0.4, -0.2) is 36.6 Å². The van der Waals surface area contributed by atoms with E-state index in [4.69, 9.17) is 0 Å². The third-order valence-corrected chi connectivity index (χ3v) is 11.0. The van der Waals surface area contributed by atoms with Crippen LogP contribution in [-0.2, 0) is 0 Å². The second-order valence-corrected chi connectivity index (χ2v) is 13.2. The molecule has 1 aliphatic carbocycles. The van der Waals surface area contributed by atoms with Gasteiger partial charge in [0.2, 0.25) is 0 Å².